The molecule has 1 aliphatic heterocycles. The van der Waals surface area contributed by atoms with E-state index in [1.165, 1.54) is 0 Å². The van der Waals surface area contributed by atoms with Gasteiger partial charge in [0.1, 0.15) is 0 Å². The van der Waals surface area contributed by atoms with Crippen molar-refractivity contribution in [3.8, 4) is 0 Å². The van der Waals surface area contributed by atoms with Gasteiger partial charge in [0, 0.05) is 46.5 Å². The second-order valence-corrected chi connectivity index (χ2v) is 5.60. The third kappa shape index (κ3) is 2.06. The van der Waals surface area contributed by atoms with E-state index in [9.17, 15) is 9.59 Å². The molecule has 118 valence electrons. The Bertz CT molecular complexity index is 967. The fourth-order valence-corrected chi connectivity index (χ4v) is 3.17. The Morgan fingerprint density at radius 2 is 1.92 bits per heavy atom. The summed E-state index contributed by atoms with van der Waals surface area (Å²) in [5.74, 6) is -0.189. The minimum Gasteiger partial charge on any atom is -0.321 e. The molecule has 0 atom stereocenters. The van der Waals surface area contributed by atoms with Crippen LogP contribution in [0.4, 0.5) is 11.4 Å². The molecule has 0 aliphatic carbocycles. The monoisotopic (exact) mass is 317 g/mol. The van der Waals surface area contributed by atoms with Crippen LogP contribution in [-0.2, 0) is 0 Å². The van der Waals surface area contributed by atoms with Gasteiger partial charge in [0.2, 0.25) is 0 Å². The van der Waals surface area contributed by atoms with Crippen molar-refractivity contribution in [1.82, 2.24) is 4.98 Å². The number of nitrogens with zero attached hydrogens (tertiary/aromatic N) is 2. The number of aromatic nitrogens is 1. The first-order valence-electron chi connectivity index (χ1n) is 7.79. The lowest BCUT2D eigenvalue weighted by Gasteiger charge is -2.15. The topological polar surface area (TPSA) is 62.3 Å². The van der Waals surface area contributed by atoms with Crippen LogP contribution in [0.5, 0.6) is 0 Å². The Morgan fingerprint density at radius 1 is 1.12 bits per heavy atom. The van der Waals surface area contributed by atoms with Gasteiger partial charge in [-0.15, -0.1) is 0 Å². The van der Waals surface area contributed by atoms with Gasteiger partial charge in [-0.2, -0.15) is 0 Å². The molecule has 2 heterocycles. The van der Waals surface area contributed by atoms with Gasteiger partial charge in [-0.1, -0.05) is 12.1 Å². The zero-order valence-electron chi connectivity index (χ0n) is 13.1. The number of nitrogens with one attached hydrogen (secondary N) is 1. The molecule has 0 bridgehead atoms. The summed E-state index contributed by atoms with van der Waals surface area (Å²) in [5, 5.41) is 4.71. The van der Waals surface area contributed by atoms with E-state index in [-0.39, 0.29) is 11.8 Å². The highest BCUT2D eigenvalue weighted by atomic mass is 16.2. The first-order chi connectivity index (χ1) is 11.7. The Morgan fingerprint density at radius 3 is 2.67 bits per heavy atom. The lowest BCUT2D eigenvalue weighted by Crippen LogP contribution is -2.25. The van der Waals surface area contributed by atoms with Gasteiger partial charge in [-0.3, -0.25) is 14.6 Å². The molecular weight excluding hydrogens is 302 g/mol. The van der Waals surface area contributed by atoms with Gasteiger partial charge in [-0.05, 0) is 37.3 Å². The molecule has 0 saturated carbocycles. The molecule has 3 aromatic rings. The average Bonchev–Trinajstić information content (AvgIpc) is 2.91. The lowest BCUT2D eigenvalue weighted by atomic mass is 10.0. The molecule has 1 aliphatic rings. The van der Waals surface area contributed by atoms with Crippen molar-refractivity contribution < 1.29 is 9.59 Å². The van der Waals surface area contributed by atoms with Crippen LogP contribution in [-0.4, -0.2) is 23.3 Å². The van der Waals surface area contributed by atoms with Crippen LogP contribution in [0.3, 0.4) is 0 Å². The molecule has 5 nitrogen and oxygen atoms in total. The number of hydrogen-bond acceptors (Lipinski definition) is 3. The molecule has 0 unspecified atom stereocenters. The van der Waals surface area contributed by atoms with E-state index in [2.05, 4.69) is 10.3 Å². The molecule has 0 fully saturated rings. The number of carbonyl (C=O) groups is 2. The molecule has 4 rings (SSSR count). The molecule has 24 heavy (non-hydrogen) atoms. The van der Waals surface area contributed by atoms with E-state index in [1.807, 2.05) is 37.3 Å². The fourth-order valence-electron chi connectivity index (χ4n) is 3.17. The van der Waals surface area contributed by atoms with Crippen molar-refractivity contribution in [3.63, 3.8) is 0 Å². The molecule has 0 spiro atoms. The zero-order chi connectivity index (χ0) is 16.7. The summed E-state index contributed by atoms with van der Waals surface area (Å²) in [6.07, 6.45) is 3.17. The van der Waals surface area contributed by atoms with E-state index in [4.69, 9.17) is 0 Å². The van der Waals surface area contributed by atoms with E-state index >= 15 is 0 Å². The van der Waals surface area contributed by atoms with Gasteiger partial charge >= 0.3 is 0 Å². The average molecular weight is 317 g/mol. The van der Waals surface area contributed by atoms with Crippen LogP contribution in [0.25, 0.3) is 10.8 Å². The maximum atomic E-state index is 12.5. The van der Waals surface area contributed by atoms with Crippen LogP contribution in [0.15, 0.2) is 54.9 Å². The number of hydrogen-bond donors (Lipinski definition) is 1. The summed E-state index contributed by atoms with van der Waals surface area (Å²) in [6.45, 7) is 2.57. The summed E-state index contributed by atoms with van der Waals surface area (Å²) < 4.78 is 0. The predicted octanol–water partition coefficient (Wildman–Crippen LogP) is 3.47. The minimum atomic E-state index is -0.199. The molecule has 2 amide bonds. The summed E-state index contributed by atoms with van der Waals surface area (Å²) in [6, 6.07) is 12.7. The van der Waals surface area contributed by atoms with Gasteiger partial charge < -0.3 is 10.2 Å². The Hall–Kier alpha value is -3.21. The van der Waals surface area contributed by atoms with Crippen molar-refractivity contribution in [2.24, 2.45) is 0 Å². The highest BCUT2D eigenvalue weighted by molar-refractivity contribution is 6.27. The van der Waals surface area contributed by atoms with Crippen LogP contribution >= 0.6 is 0 Å². The van der Waals surface area contributed by atoms with Crippen molar-refractivity contribution in [2.45, 2.75) is 6.92 Å². The maximum absolute atomic E-state index is 12.5. The normalized spacial score (nSPS) is 12.7. The van der Waals surface area contributed by atoms with Crippen molar-refractivity contribution in [2.75, 3.05) is 16.8 Å². The van der Waals surface area contributed by atoms with Crippen LogP contribution in [0, 0.1) is 0 Å². The highest BCUT2D eigenvalue weighted by Crippen LogP contribution is 2.40. The molecule has 0 saturated heterocycles. The van der Waals surface area contributed by atoms with Crippen LogP contribution in [0.2, 0.25) is 0 Å². The first-order valence-corrected chi connectivity index (χ1v) is 7.79. The fraction of sp³-hybridized carbons (Fsp3) is 0.105. The second kappa shape index (κ2) is 5.45. The number of amides is 2. The number of anilines is 2. The summed E-state index contributed by atoms with van der Waals surface area (Å²) >= 11 is 0. The maximum Gasteiger partial charge on any atom is 0.258 e. The second-order valence-electron chi connectivity index (χ2n) is 5.60. The first kappa shape index (κ1) is 14.4. The molecule has 0 radical (unpaired) electrons. The summed E-state index contributed by atoms with van der Waals surface area (Å²) in [7, 11) is 0. The van der Waals surface area contributed by atoms with Gasteiger partial charge in [0.15, 0.2) is 0 Å². The highest BCUT2D eigenvalue weighted by Gasteiger charge is 2.29. The smallest absolute Gasteiger partial charge is 0.258 e. The van der Waals surface area contributed by atoms with Gasteiger partial charge in [0.25, 0.3) is 11.8 Å². The summed E-state index contributed by atoms with van der Waals surface area (Å²) in [5.41, 5.74) is 2.82. The van der Waals surface area contributed by atoms with E-state index in [0.29, 0.717) is 23.4 Å². The van der Waals surface area contributed by atoms with Crippen LogP contribution < -0.4 is 10.2 Å². The largest absolute Gasteiger partial charge is 0.321 e. The van der Waals surface area contributed by atoms with E-state index < -0.39 is 0 Å². The summed E-state index contributed by atoms with van der Waals surface area (Å²) in [4.78, 5) is 30.6. The van der Waals surface area contributed by atoms with Crippen molar-refractivity contribution in [3.05, 3.63) is 66.0 Å². The number of rotatable bonds is 3. The molecule has 5 heteroatoms. The quantitative estimate of drug-likeness (QED) is 0.804. The Kier molecular flexibility index (Phi) is 3.27. The third-order valence-corrected chi connectivity index (χ3v) is 4.29. The minimum absolute atomic E-state index is 0.00992. The van der Waals surface area contributed by atoms with Crippen LogP contribution in [0.1, 0.15) is 27.6 Å². The Balaban J connectivity index is 1.81. The molecule has 1 N–H and O–H groups in total. The van der Waals surface area contributed by atoms with Crippen molar-refractivity contribution >= 4 is 34.0 Å². The SMILES string of the molecule is CCN1C(=O)c2cccc3c(NC(=O)c4ccncc4)ccc1c23. The molecular formula is C19H15N3O2. The lowest BCUT2D eigenvalue weighted by molar-refractivity contribution is 0.0992. The van der Waals surface area contributed by atoms with Gasteiger partial charge in [-0.25, -0.2) is 0 Å². The third-order valence-electron chi connectivity index (χ3n) is 4.29. The Labute approximate surface area is 138 Å². The van der Waals surface area contributed by atoms with E-state index in [1.54, 1.807) is 29.4 Å². The standard InChI is InChI=1S/C19H15N3O2/c1-2-22-16-7-6-15(21-18(23)12-8-10-20-11-9-12)13-4-3-5-14(17(13)16)19(22)24/h3-11H,2H2,1H3,(H,21,23). The molecule has 1 aromatic heterocycles. The number of benzene rings is 2. The predicted molar refractivity (Wildman–Crippen MR) is 93.5 cm³/mol. The number of carbonyl (C=O) groups excluding carboxylic acids is 2. The number of pyridine rings is 1. The zero-order valence-corrected chi connectivity index (χ0v) is 13.1. The van der Waals surface area contributed by atoms with Gasteiger partial charge in [0.05, 0.1) is 5.69 Å². The molecule has 2 aromatic carbocycles. The van der Waals surface area contributed by atoms with E-state index in [0.717, 1.165) is 16.5 Å². The van der Waals surface area contributed by atoms with Crippen molar-refractivity contribution in [1.29, 1.82) is 0 Å².